The van der Waals surface area contributed by atoms with Gasteiger partial charge in [-0.1, -0.05) is 83.9 Å². The van der Waals surface area contributed by atoms with Crippen molar-refractivity contribution in [2.45, 2.75) is 19.0 Å². The number of amides is 4. The lowest BCUT2D eigenvalue weighted by Crippen LogP contribution is -2.44. The molecule has 42 heavy (non-hydrogen) atoms. The average Bonchev–Trinajstić information content (AvgIpc) is 2.97. The third-order valence-corrected chi connectivity index (χ3v) is 6.79. The van der Waals surface area contributed by atoms with Crippen LogP contribution in [0.4, 0.5) is 16.2 Å². The SMILES string of the molecule is O=C(Nc1ccccc1C(=O)NCc1ccccc1)N[C@@H](Cc1ccc(NC(=O)c2c(Cl)cccc2Cl)cc1)C(=O)O. The van der Waals surface area contributed by atoms with Gasteiger partial charge in [0.25, 0.3) is 11.8 Å². The highest BCUT2D eigenvalue weighted by Crippen LogP contribution is 2.25. The van der Waals surface area contributed by atoms with Gasteiger partial charge in [0.2, 0.25) is 0 Å². The van der Waals surface area contributed by atoms with Gasteiger partial charge in [0, 0.05) is 18.7 Å². The van der Waals surface area contributed by atoms with Crippen molar-refractivity contribution in [2.75, 3.05) is 10.6 Å². The van der Waals surface area contributed by atoms with Crippen LogP contribution in [0.1, 0.15) is 31.8 Å². The van der Waals surface area contributed by atoms with E-state index in [0.717, 1.165) is 5.56 Å². The summed E-state index contributed by atoms with van der Waals surface area (Å²) in [4.78, 5) is 50.1. The fourth-order valence-corrected chi connectivity index (χ4v) is 4.62. The average molecular weight is 605 g/mol. The van der Waals surface area contributed by atoms with Crippen LogP contribution in [0, 0.1) is 0 Å². The van der Waals surface area contributed by atoms with Crippen molar-refractivity contribution < 1.29 is 24.3 Å². The Bertz CT molecular complexity index is 1580. The predicted molar refractivity (Wildman–Crippen MR) is 162 cm³/mol. The molecule has 0 spiro atoms. The summed E-state index contributed by atoms with van der Waals surface area (Å²) in [6.45, 7) is 0.303. The lowest BCUT2D eigenvalue weighted by molar-refractivity contribution is -0.139. The molecule has 0 bridgehead atoms. The molecular formula is C31H26Cl2N4O5. The van der Waals surface area contributed by atoms with Crippen LogP contribution < -0.4 is 21.3 Å². The molecule has 0 heterocycles. The van der Waals surface area contributed by atoms with Crippen molar-refractivity contribution in [3.05, 3.63) is 129 Å². The molecule has 0 unspecified atom stereocenters. The Morgan fingerprint density at radius 3 is 2.00 bits per heavy atom. The fourth-order valence-electron chi connectivity index (χ4n) is 4.05. The zero-order chi connectivity index (χ0) is 30.1. The number of benzene rings is 4. The molecule has 0 aliphatic heterocycles. The lowest BCUT2D eigenvalue weighted by atomic mass is 10.1. The number of hydrogen-bond acceptors (Lipinski definition) is 4. The first-order chi connectivity index (χ1) is 20.2. The smallest absolute Gasteiger partial charge is 0.326 e. The Morgan fingerprint density at radius 2 is 1.33 bits per heavy atom. The van der Waals surface area contributed by atoms with Crippen LogP contribution in [-0.2, 0) is 17.8 Å². The van der Waals surface area contributed by atoms with E-state index in [4.69, 9.17) is 23.2 Å². The van der Waals surface area contributed by atoms with Gasteiger partial charge in [-0.2, -0.15) is 0 Å². The van der Waals surface area contributed by atoms with Crippen molar-refractivity contribution in [2.24, 2.45) is 0 Å². The quantitative estimate of drug-likeness (QED) is 0.151. The summed E-state index contributed by atoms with van der Waals surface area (Å²) >= 11 is 12.2. The maximum Gasteiger partial charge on any atom is 0.326 e. The molecule has 9 nitrogen and oxygen atoms in total. The summed E-state index contributed by atoms with van der Waals surface area (Å²) in [5, 5.41) is 20.7. The minimum absolute atomic E-state index is 0.0352. The monoisotopic (exact) mass is 604 g/mol. The molecule has 5 N–H and O–H groups in total. The molecule has 11 heteroatoms. The van der Waals surface area contributed by atoms with Crippen molar-refractivity contribution in [3.8, 4) is 0 Å². The topological polar surface area (TPSA) is 137 Å². The number of urea groups is 1. The first-order valence-corrected chi connectivity index (χ1v) is 13.5. The Balaban J connectivity index is 1.36. The van der Waals surface area contributed by atoms with E-state index < -0.39 is 29.9 Å². The number of anilines is 2. The minimum atomic E-state index is -1.27. The van der Waals surface area contributed by atoms with Crippen LogP contribution in [0.25, 0.3) is 0 Å². The number of aliphatic carboxylic acids is 1. The number of carbonyl (C=O) groups is 4. The number of carboxylic acid groups (broad SMARTS) is 1. The number of hydrogen-bond donors (Lipinski definition) is 5. The molecular weight excluding hydrogens is 579 g/mol. The van der Waals surface area contributed by atoms with Gasteiger partial charge in [0.05, 0.1) is 26.9 Å². The Morgan fingerprint density at radius 1 is 0.690 bits per heavy atom. The van der Waals surface area contributed by atoms with E-state index in [-0.39, 0.29) is 33.3 Å². The lowest BCUT2D eigenvalue weighted by Gasteiger charge is -2.17. The van der Waals surface area contributed by atoms with Crippen molar-refractivity contribution in [1.82, 2.24) is 10.6 Å². The van der Waals surface area contributed by atoms with Gasteiger partial charge >= 0.3 is 12.0 Å². The van der Waals surface area contributed by atoms with Gasteiger partial charge in [-0.25, -0.2) is 9.59 Å². The third-order valence-electron chi connectivity index (χ3n) is 6.16. The summed E-state index contributed by atoms with van der Waals surface area (Å²) in [5.41, 5.74) is 2.55. The molecule has 0 aliphatic rings. The maximum atomic E-state index is 12.8. The first kappa shape index (κ1) is 30.1. The standard InChI is InChI=1S/C31H26Cl2N4O5/c32-23-10-6-11-24(33)27(23)29(39)35-21-15-13-19(14-16-21)17-26(30(40)41)37-31(42)36-25-12-5-4-9-22(25)28(38)34-18-20-7-2-1-3-8-20/h1-16,26H,17-18H2,(H,34,38)(H,35,39)(H,40,41)(H2,36,37,42)/t26-/m0/s1. The molecule has 0 fully saturated rings. The number of nitrogens with one attached hydrogen (secondary N) is 4. The van der Waals surface area contributed by atoms with Crippen molar-refractivity contribution >= 4 is 58.4 Å². The van der Waals surface area contributed by atoms with Crippen LogP contribution in [0.3, 0.4) is 0 Å². The molecule has 0 aliphatic carbocycles. The fraction of sp³-hybridized carbons (Fsp3) is 0.0968. The molecule has 0 aromatic heterocycles. The molecule has 214 valence electrons. The molecule has 0 saturated carbocycles. The molecule has 1 atom stereocenters. The van der Waals surface area contributed by atoms with Gasteiger partial charge in [-0.15, -0.1) is 0 Å². The van der Waals surface area contributed by atoms with E-state index in [1.54, 1.807) is 66.7 Å². The molecule has 4 rings (SSSR count). The van der Waals surface area contributed by atoms with Crippen LogP contribution in [0.5, 0.6) is 0 Å². The second-order valence-corrected chi connectivity index (χ2v) is 9.97. The summed E-state index contributed by atoms with van der Waals surface area (Å²) in [5.74, 6) is -2.13. The van der Waals surface area contributed by atoms with Crippen LogP contribution in [-0.4, -0.2) is 35.0 Å². The first-order valence-electron chi connectivity index (χ1n) is 12.8. The summed E-state index contributed by atoms with van der Waals surface area (Å²) < 4.78 is 0. The van der Waals surface area contributed by atoms with Crippen LogP contribution in [0.15, 0.2) is 97.1 Å². The largest absolute Gasteiger partial charge is 0.480 e. The Kier molecular flexibility index (Phi) is 10.1. The van der Waals surface area contributed by atoms with E-state index in [1.165, 1.54) is 0 Å². The normalized spacial score (nSPS) is 11.2. The third kappa shape index (κ3) is 8.09. The molecule has 0 radical (unpaired) electrons. The van der Waals surface area contributed by atoms with Gasteiger partial charge in [-0.05, 0) is 47.5 Å². The van der Waals surface area contributed by atoms with E-state index in [9.17, 15) is 24.3 Å². The molecule has 4 amide bonds. The van der Waals surface area contributed by atoms with Gasteiger partial charge in [-0.3, -0.25) is 9.59 Å². The van der Waals surface area contributed by atoms with Crippen molar-refractivity contribution in [3.63, 3.8) is 0 Å². The van der Waals surface area contributed by atoms with E-state index in [2.05, 4.69) is 21.3 Å². The zero-order valence-electron chi connectivity index (χ0n) is 22.1. The number of rotatable bonds is 10. The van der Waals surface area contributed by atoms with Gasteiger partial charge < -0.3 is 26.4 Å². The number of para-hydroxylation sites is 1. The number of carboxylic acids is 1. The maximum absolute atomic E-state index is 12.8. The van der Waals surface area contributed by atoms with E-state index in [0.29, 0.717) is 17.8 Å². The zero-order valence-corrected chi connectivity index (χ0v) is 23.6. The minimum Gasteiger partial charge on any atom is -0.480 e. The molecule has 0 saturated heterocycles. The van der Waals surface area contributed by atoms with Crippen molar-refractivity contribution in [1.29, 1.82) is 0 Å². The van der Waals surface area contributed by atoms with Gasteiger partial charge in [0.1, 0.15) is 6.04 Å². The summed E-state index contributed by atoms with van der Waals surface area (Å²) in [6.07, 6.45) is -0.0352. The Labute approximate surface area is 251 Å². The van der Waals surface area contributed by atoms with Gasteiger partial charge in [0.15, 0.2) is 0 Å². The Hall–Kier alpha value is -4.86. The highest BCUT2D eigenvalue weighted by molar-refractivity contribution is 6.40. The number of carbonyl (C=O) groups excluding carboxylic acids is 3. The molecule has 4 aromatic carbocycles. The predicted octanol–water partition coefficient (Wildman–Crippen LogP) is 5.99. The second kappa shape index (κ2) is 14.2. The summed E-state index contributed by atoms with van der Waals surface area (Å²) in [7, 11) is 0. The van der Waals surface area contributed by atoms with E-state index in [1.807, 2.05) is 30.3 Å². The highest BCUT2D eigenvalue weighted by atomic mass is 35.5. The number of halogens is 2. The van der Waals surface area contributed by atoms with Crippen LogP contribution >= 0.6 is 23.2 Å². The van der Waals surface area contributed by atoms with Crippen LogP contribution in [0.2, 0.25) is 10.0 Å². The highest BCUT2D eigenvalue weighted by Gasteiger charge is 2.22. The second-order valence-electron chi connectivity index (χ2n) is 9.15. The summed E-state index contributed by atoms with van der Waals surface area (Å²) in [6, 6.07) is 24.9. The molecule has 4 aromatic rings. The van der Waals surface area contributed by atoms with E-state index >= 15 is 0 Å².